The molecule has 4 nitrogen and oxygen atoms in total. The van der Waals surface area contributed by atoms with E-state index in [4.69, 9.17) is 0 Å². The largest absolute Gasteiger partial charge is 0.389 e. The van der Waals surface area contributed by atoms with Gasteiger partial charge >= 0.3 is 0 Å². The second-order valence-electron chi connectivity index (χ2n) is 9.04. The van der Waals surface area contributed by atoms with E-state index in [-0.39, 0.29) is 30.2 Å². The Hall–Kier alpha value is -2.24. The molecule has 0 unspecified atom stereocenters. The zero-order chi connectivity index (χ0) is 21.3. The average molecular weight is 411 g/mol. The maximum atomic E-state index is 13.6. The molecule has 2 aliphatic rings. The molecule has 2 N–H and O–H groups in total. The van der Waals surface area contributed by atoms with Crippen LogP contribution in [-0.4, -0.2) is 34.6 Å². The molecule has 30 heavy (non-hydrogen) atoms. The number of anilines is 1. The number of fused-ring (bicyclic) bond motifs is 1. The molecular formula is C25H31FN2O2. The maximum absolute atomic E-state index is 13.6. The molecule has 1 amide bonds. The summed E-state index contributed by atoms with van der Waals surface area (Å²) in [4.78, 5) is 15.1. The molecule has 3 atom stereocenters. The molecule has 2 aromatic carbocycles. The lowest BCUT2D eigenvalue weighted by atomic mass is 9.66. The van der Waals surface area contributed by atoms with Crippen LogP contribution in [0.3, 0.4) is 0 Å². The van der Waals surface area contributed by atoms with Crippen molar-refractivity contribution in [3.05, 3.63) is 65.0 Å². The van der Waals surface area contributed by atoms with Crippen LogP contribution in [0.5, 0.6) is 0 Å². The summed E-state index contributed by atoms with van der Waals surface area (Å²) in [5, 5.41) is 14.4. The summed E-state index contributed by atoms with van der Waals surface area (Å²) in [6.07, 6.45) is 4.51. The smallest absolute Gasteiger partial charge is 0.238 e. The number of amides is 1. The molecule has 0 bridgehead atoms. The molecule has 0 spiro atoms. The van der Waals surface area contributed by atoms with Crippen molar-refractivity contribution in [1.82, 2.24) is 4.90 Å². The second-order valence-corrected chi connectivity index (χ2v) is 9.04. The lowest BCUT2D eigenvalue weighted by Gasteiger charge is -2.52. The lowest BCUT2D eigenvalue weighted by molar-refractivity contribution is -0.135. The first-order chi connectivity index (χ1) is 14.4. The third-order valence-corrected chi connectivity index (χ3v) is 6.90. The highest BCUT2D eigenvalue weighted by Gasteiger charge is 2.49. The van der Waals surface area contributed by atoms with Crippen LogP contribution in [0, 0.1) is 25.6 Å². The molecule has 1 heterocycles. The molecule has 1 saturated heterocycles. The number of aliphatic hydroxyl groups is 1. The molecule has 4 rings (SSSR count). The molecule has 2 aromatic rings. The van der Waals surface area contributed by atoms with Crippen molar-refractivity contribution >= 4 is 11.6 Å². The number of halogens is 1. The van der Waals surface area contributed by atoms with Gasteiger partial charge in [-0.05, 0) is 68.0 Å². The minimum absolute atomic E-state index is 0.0546. The first-order valence-corrected chi connectivity index (χ1v) is 10.9. The third kappa shape index (κ3) is 4.28. The first kappa shape index (κ1) is 21.0. The van der Waals surface area contributed by atoms with Gasteiger partial charge in [0.1, 0.15) is 5.82 Å². The number of hydrogen-bond donors (Lipinski definition) is 2. The van der Waals surface area contributed by atoms with Gasteiger partial charge in [0.15, 0.2) is 0 Å². The minimum atomic E-state index is -0.697. The number of carbonyl (C=O) groups excluding carboxylic acids is 1. The fourth-order valence-electron chi connectivity index (χ4n) is 5.27. The van der Waals surface area contributed by atoms with Gasteiger partial charge in [-0.15, -0.1) is 0 Å². The van der Waals surface area contributed by atoms with Crippen LogP contribution >= 0.6 is 0 Å². The van der Waals surface area contributed by atoms with E-state index in [9.17, 15) is 14.3 Å². The van der Waals surface area contributed by atoms with E-state index >= 15 is 0 Å². The zero-order valence-corrected chi connectivity index (χ0v) is 17.8. The topological polar surface area (TPSA) is 52.6 Å². The Kier molecular flexibility index (Phi) is 5.94. The Balaban J connectivity index is 1.58. The monoisotopic (exact) mass is 410 g/mol. The van der Waals surface area contributed by atoms with Gasteiger partial charge in [0, 0.05) is 24.2 Å². The van der Waals surface area contributed by atoms with Gasteiger partial charge in [0.05, 0.1) is 12.1 Å². The highest BCUT2D eigenvalue weighted by atomic mass is 19.1. The molecule has 5 heteroatoms. The summed E-state index contributed by atoms with van der Waals surface area (Å²) in [5.74, 6) is -0.274. The average Bonchev–Trinajstić information content (AvgIpc) is 2.71. The second kappa shape index (κ2) is 8.48. The Labute approximate surface area is 178 Å². The summed E-state index contributed by atoms with van der Waals surface area (Å²) in [5.41, 5.74) is 3.25. The van der Waals surface area contributed by atoms with Crippen molar-refractivity contribution in [2.24, 2.45) is 5.92 Å². The molecular weight excluding hydrogens is 379 g/mol. The van der Waals surface area contributed by atoms with Crippen molar-refractivity contribution in [3.63, 3.8) is 0 Å². The van der Waals surface area contributed by atoms with Gasteiger partial charge in [0.2, 0.25) is 5.91 Å². The van der Waals surface area contributed by atoms with Gasteiger partial charge in [0.25, 0.3) is 0 Å². The van der Waals surface area contributed by atoms with Crippen LogP contribution in [0.15, 0.2) is 42.5 Å². The standard InChI is InChI=1S/C25H31FN2O2/c1-17-6-7-18(2)22(15-17)27-23(29)16-28-14-13-25(30)12-4-3-5-21(25)24(28)19-8-10-20(26)11-9-19/h6-11,15,21,24,30H,3-5,12-14,16H2,1-2H3,(H,27,29)/t21-,24-,25+/m0/s1. The molecule has 1 aliphatic carbocycles. The summed E-state index contributed by atoms with van der Waals surface area (Å²) >= 11 is 0. The van der Waals surface area contributed by atoms with E-state index in [1.807, 2.05) is 32.0 Å². The van der Waals surface area contributed by atoms with E-state index in [1.54, 1.807) is 12.1 Å². The SMILES string of the molecule is Cc1ccc(C)c(NC(=O)CN2CC[C@]3(O)CCCC[C@H]3[C@@H]2c2ccc(F)cc2)c1. The van der Waals surface area contributed by atoms with Crippen LogP contribution in [0.1, 0.15) is 54.8 Å². The van der Waals surface area contributed by atoms with Crippen LogP contribution in [0.25, 0.3) is 0 Å². The van der Waals surface area contributed by atoms with Gasteiger partial charge in [-0.3, -0.25) is 9.69 Å². The van der Waals surface area contributed by atoms with Gasteiger partial charge in [-0.2, -0.15) is 0 Å². The van der Waals surface area contributed by atoms with E-state index < -0.39 is 5.60 Å². The van der Waals surface area contributed by atoms with Gasteiger partial charge < -0.3 is 10.4 Å². The molecule has 1 saturated carbocycles. The highest BCUT2D eigenvalue weighted by Crippen LogP contribution is 2.49. The maximum Gasteiger partial charge on any atom is 0.238 e. The Morgan fingerprint density at radius 1 is 1.17 bits per heavy atom. The predicted octanol–water partition coefficient (Wildman–Crippen LogP) is 4.75. The van der Waals surface area contributed by atoms with Crippen LogP contribution in [0.2, 0.25) is 0 Å². The van der Waals surface area contributed by atoms with Crippen molar-refractivity contribution in [1.29, 1.82) is 0 Å². The Morgan fingerprint density at radius 2 is 1.93 bits per heavy atom. The number of nitrogens with zero attached hydrogens (tertiary/aromatic N) is 1. The van der Waals surface area contributed by atoms with Crippen molar-refractivity contribution in [2.45, 2.75) is 57.6 Å². The third-order valence-electron chi connectivity index (χ3n) is 6.90. The molecule has 160 valence electrons. The number of piperidine rings is 1. The number of aryl methyl sites for hydroxylation is 2. The van der Waals surface area contributed by atoms with Gasteiger partial charge in [-0.1, -0.05) is 37.1 Å². The number of carbonyl (C=O) groups is 1. The van der Waals surface area contributed by atoms with Crippen molar-refractivity contribution in [3.8, 4) is 0 Å². The first-order valence-electron chi connectivity index (χ1n) is 10.9. The van der Waals surface area contributed by atoms with E-state index in [2.05, 4.69) is 10.2 Å². The van der Waals surface area contributed by atoms with Crippen LogP contribution < -0.4 is 5.32 Å². The Morgan fingerprint density at radius 3 is 2.70 bits per heavy atom. The molecule has 2 fully saturated rings. The molecule has 0 radical (unpaired) electrons. The summed E-state index contributed by atoms with van der Waals surface area (Å²) in [6, 6.07) is 12.5. The fraction of sp³-hybridized carbons (Fsp3) is 0.480. The summed E-state index contributed by atoms with van der Waals surface area (Å²) in [7, 11) is 0. The lowest BCUT2D eigenvalue weighted by Crippen LogP contribution is -2.56. The number of benzene rings is 2. The highest BCUT2D eigenvalue weighted by molar-refractivity contribution is 5.93. The summed E-state index contributed by atoms with van der Waals surface area (Å²) in [6.45, 7) is 4.89. The summed E-state index contributed by atoms with van der Waals surface area (Å²) < 4.78 is 13.6. The zero-order valence-electron chi connectivity index (χ0n) is 17.8. The van der Waals surface area contributed by atoms with Gasteiger partial charge in [-0.25, -0.2) is 4.39 Å². The molecule has 1 aliphatic heterocycles. The van der Waals surface area contributed by atoms with E-state index in [0.29, 0.717) is 13.0 Å². The van der Waals surface area contributed by atoms with Crippen LogP contribution in [0.4, 0.5) is 10.1 Å². The minimum Gasteiger partial charge on any atom is -0.389 e. The van der Waals surface area contributed by atoms with E-state index in [0.717, 1.165) is 48.1 Å². The van der Waals surface area contributed by atoms with Crippen LogP contribution in [-0.2, 0) is 4.79 Å². The fourth-order valence-corrected chi connectivity index (χ4v) is 5.27. The molecule has 0 aromatic heterocycles. The van der Waals surface area contributed by atoms with Crippen molar-refractivity contribution < 1.29 is 14.3 Å². The Bertz CT molecular complexity index is 914. The normalized spacial score (nSPS) is 26.8. The number of rotatable bonds is 4. The number of likely N-dealkylation sites (tertiary alicyclic amines) is 1. The number of nitrogens with one attached hydrogen (secondary N) is 1. The predicted molar refractivity (Wildman–Crippen MR) is 117 cm³/mol. The quantitative estimate of drug-likeness (QED) is 0.765. The number of hydrogen-bond acceptors (Lipinski definition) is 3. The van der Waals surface area contributed by atoms with Crippen molar-refractivity contribution in [2.75, 3.05) is 18.4 Å². The van der Waals surface area contributed by atoms with E-state index in [1.165, 1.54) is 12.1 Å².